The Bertz CT molecular complexity index is 1030. The summed E-state index contributed by atoms with van der Waals surface area (Å²) >= 11 is 6.00. The average Bonchev–Trinajstić information content (AvgIpc) is 3.23. The third-order valence-corrected chi connectivity index (χ3v) is 4.51. The molecule has 25 heavy (non-hydrogen) atoms. The SMILES string of the molecule is Cc1c(/C=N\n2cnnc2)c2ccccc2n1Cc1ccc(Cl)cc1. The second-order valence-corrected chi connectivity index (χ2v) is 6.25. The highest BCUT2D eigenvalue weighted by Crippen LogP contribution is 2.26. The number of rotatable bonds is 4. The number of nitrogens with zero attached hydrogens (tertiary/aromatic N) is 5. The van der Waals surface area contributed by atoms with E-state index in [1.807, 2.05) is 24.4 Å². The van der Waals surface area contributed by atoms with Gasteiger partial charge in [-0.2, -0.15) is 5.10 Å². The Balaban J connectivity index is 1.79. The van der Waals surface area contributed by atoms with Gasteiger partial charge >= 0.3 is 0 Å². The van der Waals surface area contributed by atoms with Gasteiger partial charge in [-0.15, -0.1) is 10.2 Å². The number of aromatic nitrogens is 4. The monoisotopic (exact) mass is 349 g/mol. The van der Waals surface area contributed by atoms with Crippen LogP contribution in [0.15, 0.2) is 66.3 Å². The minimum Gasteiger partial charge on any atom is -0.340 e. The molecule has 0 bridgehead atoms. The molecule has 4 aromatic rings. The smallest absolute Gasteiger partial charge is 0.141 e. The molecule has 5 nitrogen and oxygen atoms in total. The average molecular weight is 350 g/mol. The largest absolute Gasteiger partial charge is 0.340 e. The number of benzene rings is 2. The summed E-state index contributed by atoms with van der Waals surface area (Å²) in [7, 11) is 0. The molecule has 0 saturated heterocycles. The normalized spacial score (nSPS) is 11.6. The van der Waals surface area contributed by atoms with Crippen molar-refractivity contribution in [3.8, 4) is 0 Å². The molecule has 2 aromatic carbocycles. The van der Waals surface area contributed by atoms with Crippen molar-refractivity contribution in [2.24, 2.45) is 5.10 Å². The van der Waals surface area contributed by atoms with Gasteiger partial charge in [0, 0.05) is 33.7 Å². The van der Waals surface area contributed by atoms with Crippen molar-refractivity contribution in [3.05, 3.63) is 83.0 Å². The van der Waals surface area contributed by atoms with E-state index in [1.165, 1.54) is 16.5 Å². The van der Waals surface area contributed by atoms with Crippen LogP contribution < -0.4 is 0 Å². The summed E-state index contributed by atoms with van der Waals surface area (Å²) < 4.78 is 3.89. The van der Waals surface area contributed by atoms with Crippen molar-refractivity contribution in [2.45, 2.75) is 13.5 Å². The fourth-order valence-electron chi connectivity index (χ4n) is 2.98. The molecule has 0 fully saturated rings. The van der Waals surface area contributed by atoms with Crippen LogP contribution >= 0.6 is 11.6 Å². The highest BCUT2D eigenvalue weighted by molar-refractivity contribution is 6.30. The van der Waals surface area contributed by atoms with Crippen molar-refractivity contribution in [3.63, 3.8) is 0 Å². The van der Waals surface area contributed by atoms with E-state index < -0.39 is 0 Å². The van der Waals surface area contributed by atoms with Crippen molar-refractivity contribution in [1.82, 2.24) is 19.4 Å². The lowest BCUT2D eigenvalue weighted by Gasteiger charge is -2.09. The van der Waals surface area contributed by atoms with Crippen LogP contribution in [-0.2, 0) is 6.54 Å². The molecule has 0 aliphatic rings. The lowest BCUT2D eigenvalue weighted by Crippen LogP contribution is -2.02. The molecular weight excluding hydrogens is 334 g/mol. The molecule has 0 saturated carbocycles. The molecule has 0 radical (unpaired) electrons. The Labute approximate surface area is 150 Å². The molecule has 6 heteroatoms. The fraction of sp³-hybridized carbons (Fsp3) is 0.105. The van der Waals surface area contributed by atoms with Gasteiger partial charge in [0.1, 0.15) is 12.7 Å². The second kappa shape index (κ2) is 6.53. The zero-order valence-electron chi connectivity index (χ0n) is 13.7. The van der Waals surface area contributed by atoms with E-state index in [0.717, 1.165) is 22.8 Å². The van der Waals surface area contributed by atoms with Crippen molar-refractivity contribution >= 4 is 28.7 Å². The Hall–Kier alpha value is -2.92. The summed E-state index contributed by atoms with van der Waals surface area (Å²) in [6.45, 7) is 2.90. The maximum Gasteiger partial charge on any atom is 0.141 e. The van der Waals surface area contributed by atoms with Crippen LogP contribution in [0, 0.1) is 6.92 Å². The Morgan fingerprint density at radius 2 is 1.76 bits per heavy atom. The van der Waals surface area contributed by atoms with Crippen LogP contribution in [0.3, 0.4) is 0 Å². The number of halogens is 1. The van der Waals surface area contributed by atoms with Crippen LogP contribution in [-0.4, -0.2) is 25.7 Å². The molecule has 0 unspecified atom stereocenters. The maximum absolute atomic E-state index is 6.00. The van der Waals surface area contributed by atoms with Gasteiger partial charge in [0.15, 0.2) is 0 Å². The van der Waals surface area contributed by atoms with E-state index >= 15 is 0 Å². The molecule has 0 amide bonds. The zero-order chi connectivity index (χ0) is 17.2. The van der Waals surface area contributed by atoms with Gasteiger partial charge in [-0.3, -0.25) is 0 Å². The van der Waals surface area contributed by atoms with Crippen LogP contribution in [0.5, 0.6) is 0 Å². The number of hydrogen-bond donors (Lipinski definition) is 0. The molecule has 4 rings (SSSR count). The van der Waals surface area contributed by atoms with Crippen LogP contribution in [0.25, 0.3) is 10.9 Å². The molecular formula is C19H16ClN5. The summed E-state index contributed by atoms with van der Waals surface area (Å²) in [6, 6.07) is 16.3. The fourth-order valence-corrected chi connectivity index (χ4v) is 3.10. The minimum absolute atomic E-state index is 0.750. The summed E-state index contributed by atoms with van der Waals surface area (Å²) in [6.07, 6.45) is 5.00. The first-order valence-corrected chi connectivity index (χ1v) is 8.31. The van der Waals surface area contributed by atoms with Gasteiger partial charge in [-0.25, -0.2) is 4.68 Å². The predicted octanol–water partition coefficient (Wildman–Crippen LogP) is 4.13. The number of fused-ring (bicyclic) bond motifs is 1. The van der Waals surface area contributed by atoms with E-state index in [0.29, 0.717) is 0 Å². The lowest BCUT2D eigenvalue weighted by molar-refractivity contribution is 0.803. The molecule has 2 aromatic heterocycles. The van der Waals surface area contributed by atoms with Gasteiger partial charge in [-0.05, 0) is 30.7 Å². The quantitative estimate of drug-likeness (QED) is 0.520. The summed E-state index contributed by atoms with van der Waals surface area (Å²) in [4.78, 5) is 0. The van der Waals surface area contributed by atoms with Crippen LogP contribution in [0.2, 0.25) is 5.02 Å². The van der Waals surface area contributed by atoms with Crippen molar-refractivity contribution in [1.29, 1.82) is 0 Å². The molecule has 0 aliphatic heterocycles. The molecule has 2 heterocycles. The van der Waals surface area contributed by atoms with Crippen LogP contribution in [0.4, 0.5) is 0 Å². The summed E-state index contributed by atoms with van der Waals surface area (Å²) in [5.74, 6) is 0. The zero-order valence-corrected chi connectivity index (χ0v) is 14.4. The van der Waals surface area contributed by atoms with Gasteiger partial charge in [0.25, 0.3) is 0 Å². The third-order valence-electron chi connectivity index (χ3n) is 4.26. The van der Waals surface area contributed by atoms with Crippen molar-refractivity contribution < 1.29 is 0 Å². The lowest BCUT2D eigenvalue weighted by atomic mass is 10.1. The predicted molar refractivity (Wildman–Crippen MR) is 100 cm³/mol. The molecule has 0 spiro atoms. The standard InChI is InChI=1S/C19H16ClN5/c1-14-18(10-23-24-12-21-22-13-24)17-4-2-3-5-19(17)25(14)11-15-6-8-16(20)9-7-15/h2-10,12-13H,11H2,1H3/b23-10-. The first-order valence-electron chi connectivity index (χ1n) is 7.93. The van der Waals surface area contributed by atoms with Gasteiger partial charge in [0.2, 0.25) is 0 Å². The number of para-hydroxylation sites is 1. The second-order valence-electron chi connectivity index (χ2n) is 5.82. The molecule has 0 aliphatic carbocycles. The van der Waals surface area contributed by atoms with E-state index in [-0.39, 0.29) is 0 Å². The summed E-state index contributed by atoms with van der Waals surface area (Å²) in [5, 5.41) is 13.9. The first-order chi connectivity index (χ1) is 12.2. The van der Waals surface area contributed by atoms with E-state index in [4.69, 9.17) is 11.6 Å². The minimum atomic E-state index is 0.750. The number of hydrogen-bond acceptors (Lipinski definition) is 3. The highest BCUT2D eigenvalue weighted by Gasteiger charge is 2.12. The van der Waals surface area contributed by atoms with E-state index in [9.17, 15) is 0 Å². The third kappa shape index (κ3) is 3.06. The topological polar surface area (TPSA) is 48.0 Å². The van der Waals surface area contributed by atoms with Gasteiger partial charge in [-0.1, -0.05) is 41.9 Å². The van der Waals surface area contributed by atoms with E-state index in [1.54, 1.807) is 17.3 Å². The summed E-state index contributed by atoms with van der Waals surface area (Å²) in [5.41, 5.74) is 4.64. The van der Waals surface area contributed by atoms with Gasteiger partial charge in [0.05, 0.1) is 6.21 Å². The maximum atomic E-state index is 6.00. The highest BCUT2D eigenvalue weighted by atomic mass is 35.5. The molecule has 124 valence electrons. The van der Waals surface area contributed by atoms with E-state index in [2.05, 4.69) is 57.1 Å². The van der Waals surface area contributed by atoms with Crippen molar-refractivity contribution in [2.75, 3.05) is 0 Å². The molecule has 0 N–H and O–H groups in total. The first kappa shape index (κ1) is 15.6. The Morgan fingerprint density at radius 3 is 2.52 bits per heavy atom. The van der Waals surface area contributed by atoms with Gasteiger partial charge < -0.3 is 4.57 Å². The molecule has 0 atom stereocenters. The Kier molecular flexibility index (Phi) is 4.07. The van der Waals surface area contributed by atoms with Crippen LogP contribution in [0.1, 0.15) is 16.8 Å². The Morgan fingerprint density at radius 1 is 1.04 bits per heavy atom.